The Bertz CT molecular complexity index is 867. The topological polar surface area (TPSA) is 37.4 Å². The van der Waals surface area contributed by atoms with Gasteiger partial charge in [-0.1, -0.05) is 60.5 Å². The number of benzene rings is 2. The first-order valence-electron chi connectivity index (χ1n) is 8.21. The van der Waals surface area contributed by atoms with Gasteiger partial charge >= 0.3 is 0 Å². The van der Waals surface area contributed by atoms with E-state index < -0.39 is 10.0 Å². The Morgan fingerprint density at radius 2 is 1.71 bits per heavy atom. The molecular formula is C20H23NO2S. The molecule has 1 aliphatic rings. The molecule has 0 aliphatic carbocycles. The molecule has 1 atom stereocenters. The molecule has 0 spiro atoms. The third-order valence-corrected chi connectivity index (χ3v) is 6.48. The minimum absolute atomic E-state index is 0.227. The maximum absolute atomic E-state index is 12.9. The summed E-state index contributed by atoms with van der Waals surface area (Å²) in [6.45, 7) is 7.12. The molecule has 0 N–H and O–H groups in total. The van der Waals surface area contributed by atoms with Crippen molar-refractivity contribution in [2.75, 3.05) is 13.1 Å². The molecule has 2 aromatic rings. The van der Waals surface area contributed by atoms with Gasteiger partial charge in [-0.3, -0.25) is 0 Å². The standard InChI is InChI=1S/C20H23NO2S/c1-15-8-10-20(11-9-15)24(22,23)21-13-17(3)19(14-21)12-18-7-5-4-6-16(18)2/h4-12,17H,13-14H2,1-3H3/b19-12+. The highest BCUT2D eigenvalue weighted by Crippen LogP contribution is 2.30. The van der Waals surface area contributed by atoms with Gasteiger partial charge in [0.25, 0.3) is 0 Å². The number of hydrogen-bond acceptors (Lipinski definition) is 2. The summed E-state index contributed by atoms with van der Waals surface area (Å²) in [5.41, 5.74) is 4.59. The van der Waals surface area contributed by atoms with E-state index in [2.05, 4.69) is 32.1 Å². The average Bonchev–Trinajstić information content (AvgIpc) is 2.92. The fraction of sp³-hybridized carbons (Fsp3) is 0.300. The van der Waals surface area contributed by atoms with Gasteiger partial charge in [-0.05, 0) is 43.0 Å². The highest BCUT2D eigenvalue weighted by atomic mass is 32.2. The molecule has 1 unspecified atom stereocenters. The monoisotopic (exact) mass is 341 g/mol. The Hall–Kier alpha value is -1.91. The molecule has 0 amide bonds. The van der Waals surface area contributed by atoms with Crippen LogP contribution in [0.25, 0.3) is 6.08 Å². The minimum atomic E-state index is -3.43. The van der Waals surface area contributed by atoms with Gasteiger partial charge in [-0.25, -0.2) is 8.42 Å². The van der Waals surface area contributed by atoms with Gasteiger partial charge in [-0.15, -0.1) is 0 Å². The average molecular weight is 341 g/mol. The van der Waals surface area contributed by atoms with Crippen molar-refractivity contribution in [2.45, 2.75) is 25.7 Å². The van der Waals surface area contributed by atoms with E-state index in [1.165, 1.54) is 11.1 Å². The number of aryl methyl sites for hydroxylation is 2. The summed E-state index contributed by atoms with van der Waals surface area (Å²) < 4.78 is 27.3. The molecule has 126 valence electrons. The van der Waals surface area contributed by atoms with E-state index in [4.69, 9.17) is 0 Å². The van der Waals surface area contributed by atoms with Crippen LogP contribution in [0.3, 0.4) is 0 Å². The molecule has 1 heterocycles. The maximum Gasteiger partial charge on any atom is 0.243 e. The predicted molar refractivity (Wildman–Crippen MR) is 98.3 cm³/mol. The second kappa shape index (κ2) is 6.54. The fourth-order valence-corrected chi connectivity index (χ4v) is 4.54. The van der Waals surface area contributed by atoms with Gasteiger partial charge in [0.15, 0.2) is 0 Å². The Kier molecular flexibility index (Phi) is 4.61. The van der Waals surface area contributed by atoms with Crippen LogP contribution in [0.5, 0.6) is 0 Å². The lowest BCUT2D eigenvalue weighted by atomic mass is 10.00. The largest absolute Gasteiger partial charge is 0.243 e. The summed E-state index contributed by atoms with van der Waals surface area (Å²) in [5, 5.41) is 0. The van der Waals surface area contributed by atoms with E-state index in [1.807, 2.05) is 31.2 Å². The third kappa shape index (κ3) is 3.30. The summed E-state index contributed by atoms with van der Waals surface area (Å²) in [7, 11) is -3.43. The van der Waals surface area contributed by atoms with Crippen LogP contribution in [0.15, 0.2) is 59.0 Å². The van der Waals surface area contributed by atoms with Crippen molar-refractivity contribution >= 4 is 16.1 Å². The predicted octanol–water partition coefficient (Wildman–Crippen LogP) is 4.03. The van der Waals surface area contributed by atoms with Crippen LogP contribution < -0.4 is 0 Å². The zero-order valence-electron chi connectivity index (χ0n) is 14.4. The molecule has 2 aromatic carbocycles. The van der Waals surface area contributed by atoms with Gasteiger partial charge in [0.2, 0.25) is 10.0 Å². The molecule has 24 heavy (non-hydrogen) atoms. The lowest BCUT2D eigenvalue weighted by molar-refractivity contribution is 0.464. The van der Waals surface area contributed by atoms with E-state index in [1.54, 1.807) is 16.4 Å². The van der Waals surface area contributed by atoms with Crippen molar-refractivity contribution < 1.29 is 8.42 Å². The van der Waals surface area contributed by atoms with Crippen molar-refractivity contribution in [3.8, 4) is 0 Å². The van der Waals surface area contributed by atoms with Crippen molar-refractivity contribution in [3.63, 3.8) is 0 Å². The summed E-state index contributed by atoms with van der Waals surface area (Å²) in [6, 6.07) is 15.3. The van der Waals surface area contributed by atoms with E-state index in [0.29, 0.717) is 18.0 Å². The molecule has 0 radical (unpaired) electrons. The molecule has 4 heteroatoms. The second-order valence-corrected chi connectivity index (χ2v) is 8.53. The Morgan fingerprint density at radius 3 is 2.38 bits per heavy atom. The van der Waals surface area contributed by atoms with E-state index >= 15 is 0 Å². The third-order valence-electron chi connectivity index (χ3n) is 4.66. The summed E-state index contributed by atoms with van der Waals surface area (Å²) in [5.74, 6) is 0.227. The summed E-state index contributed by atoms with van der Waals surface area (Å²) in [4.78, 5) is 0.373. The SMILES string of the molecule is Cc1ccc(S(=O)(=O)N2C/C(=C\c3ccccc3C)C(C)C2)cc1. The molecule has 0 aromatic heterocycles. The Balaban J connectivity index is 1.88. The fourth-order valence-electron chi connectivity index (χ4n) is 3.03. The number of sulfonamides is 1. The van der Waals surface area contributed by atoms with Crippen molar-refractivity contribution in [1.29, 1.82) is 0 Å². The van der Waals surface area contributed by atoms with Crippen LogP contribution in [0.2, 0.25) is 0 Å². The first-order chi connectivity index (χ1) is 11.4. The first kappa shape index (κ1) is 16.9. The number of rotatable bonds is 3. The molecule has 0 saturated carbocycles. The van der Waals surface area contributed by atoms with Crippen LogP contribution in [0, 0.1) is 19.8 Å². The lowest BCUT2D eigenvalue weighted by Gasteiger charge is -2.15. The van der Waals surface area contributed by atoms with Gasteiger partial charge in [0.05, 0.1) is 4.90 Å². The molecule has 1 aliphatic heterocycles. The van der Waals surface area contributed by atoms with Crippen LogP contribution in [-0.2, 0) is 10.0 Å². The minimum Gasteiger partial charge on any atom is -0.207 e. The van der Waals surface area contributed by atoms with Gasteiger partial charge < -0.3 is 0 Å². The van der Waals surface area contributed by atoms with Gasteiger partial charge in [0, 0.05) is 13.1 Å². The number of nitrogens with zero attached hydrogens (tertiary/aromatic N) is 1. The van der Waals surface area contributed by atoms with Gasteiger partial charge in [0.1, 0.15) is 0 Å². The zero-order valence-corrected chi connectivity index (χ0v) is 15.2. The first-order valence-corrected chi connectivity index (χ1v) is 9.65. The molecule has 1 saturated heterocycles. The maximum atomic E-state index is 12.9. The van der Waals surface area contributed by atoms with Crippen LogP contribution in [-0.4, -0.2) is 25.8 Å². The molecular weight excluding hydrogens is 318 g/mol. The Morgan fingerprint density at radius 1 is 1.04 bits per heavy atom. The van der Waals surface area contributed by atoms with Crippen LogP contribution >= 0.6 is 0 Å². The lowest BCUT2D eigenvalue weighted by Crippen LogP contribution is -2.28. The smallest absolute Gasteiger partial charge is 0.207 e. The molecule has 1 fully saturated rings. The van der Waals surface area contributed by atoms with E-state index in [9.17, 15) is 8.42 Å². The Labute approximate surface area is 144 Å². The summed E-state index contributed by atoms with van der Waals surface area (Å²) >= 11 is 0. The van der Waals surface area contributed by atoms with Gasteiger partial charge in [-0.2, -0.15) is 4.31 Å². The van der Waals surface area contributed by atoms with Crippen molar-refractivity contribution in [2.24, 2.45) is 5.92 Å². The second-order valence-electron chi connectivity index (χ2n) is 6.59. The van der Waals surface area contributed by atoms with Crippen molar-refractivity contribution in [3.05, 3.63) is 70.8 Å². The highest BCUT2D eigenvalue weighted by Gasteiger charge is 2.33. The van der Waals surface area contributed by atoms with E-state index in [-0.39, 0.29) is 5.92 Å². The number of hydrogen-bond donors (Lipinski definition) is 0. The van der Waals surface area contributed by atoms with Crippen molar-refractivity contribution in [1.82, 2.24) is 4.31 Å². The summed E-state index contributed by atoms with van der Waals surface area (Å²) in [6.07, 6.45) is 2.14. The normalized spacial score (nSPS) is 20.6. The molecule has 3 rings (SSSR count). The highest BCUT2D eigenvalue weighted by molar-refractivity contribution is 7.89. The zero-order chi connectivity index (χ0) is 17.3. The van der Waals surface area contributed by atoms with Crippen LogP contribution in [0.1, 0.15) is 23.6 Å². The quantitative estimate of drug-likeness (QED) is 0.845. The molecule has 0 bridgehead atoms. The molecule has 3 nitrogen and oxygen atoms in total. The van der Waals surface area contributed by atoms with E-state index in [0.717, 1.165) is 11.1 Å². The van der Waals surface area contributed by atoms with Crippen LogP contribution in [0.4, 0.5) is 0 Å².